The van der Waals surface area contributed by atoms with E-state index in [2.05, 4.69) is 76.9 Å². The van der Waals surface area contributed by atoms with Gasteiger partial charge in [-0.05, 0) is 33.9 Å². The molecule has 1 aromatic heterocycles. The average molecular weight is 312 g/mol. The van der Waals surface area contributed by atoms with E-state index in [1.54, 1.807) is 0 Å². The zero-order valence-corrected chi connectivity index (χ0v) is 13.1. The number of hydrogen-bond donors (Lipinski definition) is 0. The van der Waals surface area contributed by atoms with E-state index in [0.29, 0.717) is 12.3 Å². The molecule has 0 unspecified atom stereocenters. The largest absolute Gasteiger partial charge is 0.339 e. The second kappa shape index (κ2) is 6.50. The van der Waals surface area contributed by atoms with Gasteiger partial charge in [-0.15, -0.1) is 0 Å². The van der Waals surface area contributed by atoms with Crippen LogP contribution in [0.4, 0.5) is 0 Å². The van der Waals surface area contributed by atoms with Crippen LogP contribution >= 0.6 is 0 Å². The molecule has 0 aliphatic rings. The quantitative estimate of drug-likeness (QED) is 0.532. The van der Waals surface area contributed by atoms with Crippen LogP contribution in [0.15, 0.2) is 89.7 Å². The molecule has 0 saturated heterocycles. The van der Waals surface area contributed by atoms with Crippen LogP contribution in [0.1, 0.15) is 11.5 Å². The molecule has 0 radical (unpaired) electrons. The first-order chi connectivity index (χ1) is 11.9. The Bertz CT molecular complexity index is 859. The van der Waals surface area contributed by atoms with Gasteiger partial charge in [0.15, 0.2) is 6.33 Å². The van der Waals surface area contributed by atoms with Gasteiger partial charge in [0.05, 0.1) is 6.42 Å². The minimum absolute atomic E-state index is 0.624. The normalized spacial score (nSPS) is 10.7. The highest BCUT2D eigenvalue weighted by Gasteiger charge is 2.08. The Balaban J connectivity index is 1.81. The van der Waals surface area contributed by atoms with Gasteiger partial charge < -0.3 is 4.52 Å². The first-order valence-corrected chi connectivity index (χ1v) is 7.89. The number of benzene rings is 3. The molecule has 0 atom stereocenters. The Morgan fingerprint density at radius 2 is 1.25 bits per heavy atom. The fourth-order valence-corrected chi connectivity index (χ4v) is 2.84. The summed E-state index contributed by atoms with van der Waals surface area (Å²) in [5, 5.41) is 3.69. The van der Waals surface area contributed by atoms with Crippen molar-refractivity contribution in [1.29, 1.82) is 0 Å². The number of rotatable bonds is 4. The summed E-state index contributed by atoms with van der Waals surface area (Å²) < 4.78 is 5.17. The van der Waals surface area contributed by atoms with Crippen molar-refractivity contribution in [3.05, 3.63) is 96.6 Å². The molecule has 0 spiro atoms. The number of aromatic nitrogens is 2. The summed E-state index contributed by atoms with van der Waals surface area (Å²) in [4.78, 5) is 4.14. The summed E-state index contributed by atoms with van der Waals surface area (Å²) in [6.07, 6.45) is 2.06. The zero-order valence-electron chi connectivity index (χ0n) is 13.1. The number of hydrogen-bond acceptors (Lipinski definition) is 3. The lowest BCUT2D eigenvalue weighted by Gasteiger charge is -2.10. The highest BCUT2D eigenvalue weighted by atomic mass is 16.5. The van der Waals surface area contributed by atoms with Crippen LogP contribution in [0, 0.1) is 0 Å². The predicted molar refractivity (Wildman–Crippen MR) is 94.4 cm³/mol. The van der Waals surface area contributed by atoms with Crippen molar-refractivity contribution < 1.29 is 4.52 Å². The zero-order chi connectivity index (χ0) is 16.2. The van der Waals surface area contributed by atoms with Crippen LogP contribution in [0.2, 0.25) is 0 Å². The van der Waals surface area contributed by atoms with E-state index in [9.17, 15) is 0 Å². The van der Waals surface area contributed by atoms with Crippen molar-refractivity contribution in [1.82, 2.24) is 10.1 Å². The Labute approximate surface area is 140 Å². The predicted octanol–water partition coefficient (Wildman–Crippen LogP) is 4.99. The summed E-state index contributed by atoms with van der Waals surface area (Å²) in [5.41, 5.74) is 5.92. The van der Waals surface area contributed by atoms with Crippen molar-refractivity contribution >= 4 is 0 Å². The van der Waals surface area contributed by atoms with E-state index in [0.717, 1.165) is 5.56 Å². The van der Waals surface area contributed by atoms with E-state index < -0.39 is 0 Å². The molecule has 0 bridgehead atoms. The van der Waals surface area contributed by atoms with Crippen molar-refractivity contribution in [2.45, 2.75) is 6.42 Å². The molecule has 0 N–H and O–H groups in total. The molecule has 0 aliphatic carbocycles. The molecule has 0 amide bonds. The molecule has 24 heavy (non-hydrogen) atoms. The molecule has 1 heterocycles. The maximum atomic E-state index is 5.17. The van der Waals surface area contributed by atoms with Gasteiger partial charge in [-0.2, -0.15) is 4.98 Å². The molecule has 0 saturated carbocycles. The van der Waals surface area contributed by atoms with Gasteiger partial charge in [0.2, 0.25) is 5.89 Å². The minimum atomic E-state index is 0.624. The summed E-state index contributed by atoms with van der Waals surface area (Å²) in [6, 6.07) is 27.4. The highest BCUT2D eigenvalue weighted by Crippen LogP contribution is 2.29. The Morgan fingerprint density at radius 3 is 1.75 bits per heavy atom. The topological polar surface area (TPSA) is 38.9 Å². The lowest BCUT2D eigenvalue weighted by atomic mass is 9.95. The molecule has 4 aromatic rings. The Kier molecular flexibility index (Phi) is 3.90. The lowest BCUT2D eigenvalue weighted by Crippen LogP contribution is -1.91. The van der Waals surface area contributed by atoms with Gasteiger partial charge in [0.25, 0.3) is 0 Å². The molecule has 3 aromatic carbocycles. The van der Waals surface area contributed by atoms with E-state index >= 15 is 0 Å². The maximum Gasteiger partial charge on any atom is 0.230 e. The molecular formula is C21H16N2O. The van der Waals surface area contributed by atoms with Crippen LogP contribution in [-0.4, -0.2) is 10.1 Å². The van der Waals surface area contributed by atoms with Crippen molar-refractivity contribution in [3.8, 4) is 22.3 Å². The van der Waals surface area contributed by atoms with Gasteiger partial charge in [0.1, 0.15) is 0 Å². The van der Waals surface area contributed by atoms with Gasteiger partial charge in [-0.1, -0.05) is 78.0 Å². The third-order valence-corrected chi connectivity index (χ3v) is 3.97. The van der Waals surface area contributed by atoms with E-state index in [-0.39, 0.29) is 0 Å². The summed E-state index contributed by atoms with van der Waals surface area (Å²) in [5.74, 6) is 0.624. The lowest BCUT2D eigenvalue weighted by molar-refractivity contribution is 0.384. The number of nitrogens with zero attached hydrogens (tertiary/aromatic N) is 2. The van der Waals surface area contributed by atoms with Gasteiger partial charge >= 0.3 is 0 Å². The fraction of sp³-hybridized carbons (Fsp3) is 0.0476. The summed E-state index contributed by atoms with van der Waals surface area (Å²) in [6.45, 7) is 0. The van der Waals surface area contributed by atoms with Crippen LogP contribution in [-0.2, 0) is 6.42 Å². The van der Waals surface area contributed by atoms with Crippen LogP contribution in [0.3, 0.4) is 0 Å². The SMILES string of the molecule is c1ccc(-c2cc(Cc3ncno3)cc(-c3ccccc3)c2)cc1. The smallest absolute Gasteiger partial charge is 0.230 e. The van der Waals surface area contributed by atoms with Crippen molar-refractivity contribution in [2.75, 3.05) is 0 Å². The molecule has 116 valence electrons. The molecule has 3 nitrogen and oxygen atoms in total. The summed E-state index contributed by atoms with van der Waals surface area (Å²) in [7, 11) is 0. The van der Waals surface area contributed by atoms with Crippen LogP contribution in [0.25, 0.3) is 22.3 Å². The monoisotopic (exact) mass is 312 g/mol. The molecule has 0 fully saturated rings. The van der Waals surface area contributed by atoms with E-state index in [4.69, 9.17) is 4.52 Å². The van der Waals surface area contributed by atoms with Gasteiger partial charge in [-0.3, -0.25) is 0 Å². The second-order valence-electron chi connectivity index (χ2n) is 5.66. The fourth-order valence-electron chi connectivity index (χ4n) is 2.84. The standard InChI is InChI=1S/C21H16N2O/c1-3-7-17(8-4-1)19-11-16(13-21-22-15-23-24-21)12-20(14-19)18-9-5-2-6-10-18/h1-12,14-15H,13H2. The minimum Gasteiger partial charge on any atom is -0.339 e. The Morgan fingerprint density at radius 1 is 0.667 bits per heavy atom. The van der Waals surface area contributed by atoms with Gasteiger partial charge in [-0.25, -0.2) is 0 Å². The molecule has 3 heteroatoms. The van der Waals surface area contributed by atoms with Crippen LogP contribution < -0.4 is 0 Å². The molecule has 0 aliphatic heterocycles. The first-order valence-electron chi connectivity index (χ1n) is 7.89. The van der Waals surface area contributed by atoms with E-state index in [1.165, 1.54) is 28.6 Å². The molecule has 4 rings (SSSR count). The Hall–Kier alpha value is -3.20. The maximum absolute atomic E-state index is 5.17. The highest BCUT2D eigenvalue weighted by molar-refractivity contribution is 5.74. The van der Waals surface area contributed by atoms with Crippen molar-refractivity contribution in [2.24, 2.45) is 0 Å². The average Bonchev–Trinajstić information content (AvgIpc) is 3.16. The van der Waals surface area contributed by atoms with E-state index in [1.807, 2.05) is 12.1 Å². The van der Waals surface area contributed by atoms with Crippen molar-refractivity contribution in [3.63, 3.8) is 0 Å². The first kappa shape index (κ1) is 14.4. The molecular weight excluding hydrogens is 296 g/mol. The second-order valence-corrected chi connectivity index (χ2v) is 5.66. The van der Waals surface area contributed by atoms with Crippen LogP contribution in [0.5, 0.6) is 0 Å². The third-order valence-electron chi connectivity index (χ3n) is 3.97. The van der Waals surface area contributed by atoms with Gasteiger partial charge in [0, 0.05) is 0 Å². The third kappa shape index (κ3) is 3.10. The summed E-state index contributed by atoms with van der Waals surface area (Å²) >= 11 is 0.